The minimum absolute atomic E-state index is 0.104. The largest absolute Gasteiger partial charge is 0.471 e. The summed E-state index contributed by atoms with van der Waals surface area (Å²) in [4.78, 5) is 11.3. The molecule has 0 aromatic carbocycles. The van der Waals surface area contributed by atoms with E-state index >= 15 is 0 Å². The second-order valence-electron chi connectivity index (χ2n) is 7.86. The Kier molecular flexibility index (Phi) is 2.42. The molecule has 4 aliphatic carbocycles. The van der Waals surface area contributed by atoms with Gasteiger partial charge in [0.25, 0.3) is 0 Å². The fraction of sp³-hybridized carbons (Fsp3) is 0.929. The van der Waals surface area contributed by atoms with Gasteiger partial charge >= 0.3 is 12.1 Å². The van der Waals surface area contributed by atoms with Crippen molar-refractivity contribution in [3.05, 3.63) is 0 Å². The molecule has 1 amide bonds. The molecule has 4 aliphatic rings. The van der Waals surface area contributed by atoms with Crippen LogP contribution in [0, 0.1) is 16.7 Å². The van der Waals surface area contributed by atoms with Gasteiger partial charge in [0.15, 0.2) is 0 Å². The highest BCUT2D eigenvalue weighted by molar-refractivity contribution is 5.82. The monoisotopic (exact) mass is 275 g/mol. The van der Waals surface area contributed by atoms with Crippen LogP contribution in [-0.4, -0.2) is 17.6 Å². The molecule has 4 bridgehead atoms. The zero-order chi connectivity index (χ0) is 14.1. The van der Waals surface area contributed by atoms with Crippen molar-refractivity contribution in [1.82, 2.24) is 5.32 Å². The van der Waals surface area contributed by atoms with Crippen molar-refractivity contribution in [2.45, 2.75) is 64.1 Å². The fourth-order valence-corrected chi connectivity index (χ4v) is 5.90. The standard InChI is InChI=1S/C14H20F3NO/c1-11-3-9-4-12(2,6-11)8-13(5-9,7-11)18-10(19)14(15,16)17/h9H,3-8H2,1-2H3,(H,18,19). The lowest BCUT2D eigenvalue weighted by Gasteiger charge is -2.65. The number of alkyl halides is 3. The summed E-state index contributed by atoms with van der Waals surface area (Å²) >= 11 is 0. The van der Waals surface area contributed by atoms with Crippen LogP contribution in [0.25, 0.3) is 0 Å². The first kappa shape index (κ1) is 13.3. The number of nitrogens with one attached hydrogen (secondary N) is 1. The van der Waals surface area contributed by atoms with E-state index in [1.807, 2.05) is 0 Å². The van der Waals surface area contributed by atoms with Crippen LogP contribution in [-0.2, 0) is 4.79 Å². The minimum Gasteiger partial charge on any atom is -0.343 e. The summed E-state index contributed by atoms with van der Waals surface area (Å²) in [5.74, 6) is -1.29. The molecule has 4 fully saturated rings. The Balaban J connectivity index is 1.87. The van der Waals surface area contributed by atoms with Crippen LogP contribution in [0.2, 0.25) is 0 Å². The van der Waals surface area contributed by atoms with Gasteiger partial charge in [0.2, 0.25) is 0 Å². The van der Waals surface area contributed by atoms with E-state index < -0.39 is 17.6 Å². The second-order valence-corrected chi connectivity index (χ2v) is 7.86. The fourth-order valence-electron chi connectivity index (χ4n) is 5.90. The van der Waals surface area contributed by atoms with Crippen molar-refractivity contribution in [3.8, 4) is 0 Å². The molecule has 108 valence electrons. The van der Waals surface area contributed by atoms with Gasteiger partial charge in [0, 0.05) is 5.54 Å². The molecule has 0 aliphatic heterocycles. The first-order valence-corrected chi connectivity index (χ1v) is 6.93. The van der Waals surface area contributed by atoms with Crippen LogP contribution in [0.5, 0.6) is 0 Å². The Morgan fingerprint density at radius 2 is 1.58 bits per heavy atom. The van der Waals surface area contributed by atoms with Crippen molar-refractivity contribution < 1.29 is 18.0 Å². The zero-order valence-electron chi connectivity index (χ0n) is 11.4. The maximum absolute atomic E-state index is 12.5. The number of carbonyl (C=O) groups is 1. The van der Waals surface area contributed by atoms with Gasteiger partial charge in [-0.15, -0.1) is 0 Å². The highest BCUT2D eigenvalue weighted by Gasteiger charge is 2.61. The quantitative estimate of drug-likeness (QED) is 0.780. The molecule has 2 unspecified atom stereocenters. The van der Waals surface area contributed by atoms with Gasteiger partial charge in [-0.2, -0.15) is 13.2 Å². The predicted molar refractivity (Wildman–Crippen MR) is 64.3 cm³/mol. The number of hydrogen-bond acceptors (Lipinski definition) is 1. The first-order valence-electron chi connectivity index (χ1n) is 6.93. The van der Waals surface area contributed by atoms with E-state index in [-0.39, 0.29) is 10.8 Å². The van der Waals surface area contributed by atoms with Crippen LogP contribution < -0.4 is 5.32 Å². The molecular weight excluding hydrogens is 255 g/mol. The first-order chi connectivity index (χ1) is 8.53. The highest BCUT2D eigenvalue weighted by Crippen LogP contribution is 2.66. The van der Waals surface area contributed by atoms with E-state index in [2.05, 4.69) is 19.2 Å². The van der Waals surface area contributed by atoms with Crippen LogP contribution in [0.3, 0.4) is 0 Å². The highest BCUT2D eigenvalue weighted by atomic mass is 19.4. The van der Waals surface area contributed by atoms with Crippen LogP contribution in [0.1, 0.15) is 52.4 Å². The number of halogens is 3. The average Bonchev–Trinajstić information content (AvgIpc) is 2.07. The van der Waals surface area contributed by atoms with E-state index in [9.17, 15) is 18.0 Å². The molecule has 1 N–H and O–H groups in total. The summed E-state index contributed by atoms with van der Waals surface area (Å²) in [6.07, 6.45) is 0.644. The lowest BCUT2D eigenvalue weighted by Crippen LogP contribution is -2.66. The predicted octanol–water partition coefficient (Wildman–Crippen LogP) is 3.41. The molecule has 0 heterocycles. The van der Waals surface area contributed by atoms with E-state index in [4.69, 9.17) is 0 Å². The van der Waals surface area contributed by atoms with Gasteiger partial charge < -0.3 is 5.32 Å². The summed E-state index contributed by atoms with van der Waals surface area (Å²) in [6.45, 7) is 4.34. The number of hydrogen-bond donors (Lipinski definition) is 1. The number of amides is 1. The maximum Gasteiger partial charge on any atom is 0.471 e. The Morgan fingerprint density at radius 3 is 2.00 bits per heavy atom. The van der Waals surface area contributed by atoms with E-state index in [0.717, 1.165) is 25.7 Å². The van der Waals surface area contributed by atoms with Gasteiger partial charge in [-0.3, -0.25) is 4.79 Å². The summed E-state index contributed by atoms with van der Waals surface area (Å²) in [5.41, 5.74) is -0.407. The van der Waals surface area contributed by atoms with Crippen LogP contribution in [0.15, 0.2) is 0 Å². The Hall–Kier alpha value is -0.740. The van der Waals surface area contributed by atoms with Gasteiger partial charge in [0.05, 0.1) is 0 Å². The Labute approximate surface area is 111 Å². The molecule has 2 nitrogen and oxygen atoms in total. The van der Waals surface area contributed by atoms with Gasteiger partial charge in [-0.1, -0.05) is 13.8 Å². The lowest BCUT2D eigenvalue weighted by atomic mass is 9.43. The second kappa shape index (κ2) is 3.47. The molecule has 19 heavy (non-hydrogen) atoms. The van der Waals surface area contributed by atoms with Crippen LogP contribution >= 0.6 is 0 Å². The van der Waals surface area contributed by atoms with Crippen molar-refractivity contribution in [1.29, 1.82) is 0 Å². The minimum atomic E-state index is -4.77. The van der Waals surface area contributed by atoms with Gasteiger partial charge in [-0.25, -0.2) is 0 Å². The van der Waals surface area contributed by atoms with Crippen molar-refractivity contribution >= 4 is 5.91 Å². The third-order valence-electron chi connectivity index (χ3n) is 5.26. The maximum atomic E-state index is 12.5. The van der Waals surface area contributed by atoms with Crippen molar-refractivity contribution in [2.75, 3.05) is 0 Å². The molecule has 4 saturated carbocycles. The molecule has 5 heteroatoms. The molecule has 0 saturated heterocycles. The van der Waals surface area contributed by atoms with E-state index in [1.54, 1.807) is 0 Å². The Morgan fingerprint density at radius 1 is 1.05 bits per heavy atom. The lowest BCUT2D eigenvalue weighted by molar-refractivity contribution is -0.183. The summed E-state index contributed by atoms with van der Waals surface area (Å²) in [7, 11) is 0. The molecule has 0 aromatic rings. The van der Waals surface area contributed by atoms with Crippen molar-refractivity contribution in [2.24, 2.45) is 16.7 Å². The van der Waals surface area contributed by atoms with Crippen molar-refractivity contribution in [3.63, 3.8) is 0 Å². The van der Waals surface area contributed by atoms with Crippen LogP contribution in [0.4, 0.5) is 13.2 Å². The number of rotatable bonds is 1. The molecule has 4 rings (SSSR count). The molecule has 0 aromatic heterocycles. The van der Waals surface area contributed by atoms with Gasteiger partial charge in [-0.05, 0) is 55.3 Å². The summed E-state index contributed by atoms with van der Waals surface area (Å²) in [6, 6.07) is 0. The summed E-state index contributed by atoms with van der Waals surface area (Å²) < 4.78 is 37.5. The summed E-state index contributed by atoms with van der Waals surface area (Å²) in [5, 5.41) is 2.35. The number of carbonyl (C=O) groups excluding carboxylic acids is 1. The van der Waals surface area contributed by atoms with E-state index in [1.165, 1.54) is 0 Å². The SMILES string of the molecule is CC12CC3CC(C)(C1)CC(NC(=O)C(F)(F)F)(C3)C2. The molecule has 0 spiro atoms. The third kappa shape index (κ3) is 2.15. The molecular formula is C14H20F3NO. The molecule has 2 atom stereocenters. The van der Waals surface area contributed by atoms with E-state index in [0.29, 0.717) is 18.8 Å². The van der Waals surface area contributed by atoms with Gasteiger partial charge in [0.1, 0.15) is 0 Å². The normalized spacial score (nSPS) is 48.4. The average molecular weight is 275 g/mol. The Bertz CT molecular complexity index is 413. The third-order valence-corrected chi connectivity index (χ3v) is 5.26. The molecule has 0 radical (unpaired) electrons. The topological polar surface area (TPSA) is 29.1 Å². The smallest absolute Gasteiger partial charge is 0.343 e. The zero-order valence-corrected chi connectivity index (χ0v) is 11.4.